The normalized spacial score (nSPS) is 27.2. The number of hydrogen-bond acceptors (Lipinski definition) is 3. The number of nitrogens with zero attached hydrogens (tertiary/aromatic N) is 1. The Morgan fingerprint density at radius 2 is 1.74 bits per heavy atom. The Morgan fingerprint density at radius 3 is 2.26 bits per heavy atom. The topological polar surface area (TPSA) is 63.4 Å². The van der Waals surface area contributed by atoms with Crippen LogP contribution >= 0.6 is 0 Å². The number of rotatable bonds is 6. The lowest BCUT2D eigenvalue weighted by atomic mass is 9.87. The number of hydrogen-bond donors (Lipinski definition) is 1. The molecule has 108 valence electrons. The first kappa shape index (κ1) is 14.5. The summed E-state index contributed by atoms with van der Waals surface area (Å²) in [6.07, 6.45) is 5.83. The SMILES string of the molecule is CC(C)(CN)CCCCN1C(=O)C2CCCC2C1=O. The summed E-state index contributed by atoms with van der Waals surface area (Å²) in [5.74, 6) is 0.192. The molecule has 1 heterocycles. The maximum Gasteiger partial charge on any atom is 0.233 e. The third-order valence-electron chi connectivity index (χ3n) is 4.72. The highest BCUT2D eigenvalue weighted by Gasteiger charge is 2.49. The standard InChI is InChI=1S/C15H26N2O2/c1-15(2,10-16)8-3-4-9-17-13(18)11-6-5-7-12(11)14(17)19/h11-12H,3-10,16H2,1-2H3. The van der Waals surface area contributed by atoms with Crippen LogP contribution < -0.4 is 5.73 Å². The monoisotopic (exact) mass is 266 g/mol. The fourth-order valence-corrected chi connectivity index (χ4v) is 3.26. The highest BCUT2D eigenvalue weighted by atomic mass is 16.2. The molecule has 4 nitrogen and oxygen atoms in total. The molecule has 0 bridgehead atoms. The van der Waals surface area contributed by atoms with Crippen LogP contribution in [0.2, 0.25) is 0 Å². The quantitative estimate of drug-likeness (QED) is 0.590. The van der Waals surface area contributed by atoms with Crippen LogP contribution in [-0.4, -0.2) is 29.8 Å². The van der Waals surface area contributed by atoms with E-state index in [4.69, 9.17) is 5.73 Å². The van der Waals surface area contributed by atoms with Gasteiger partial charge in [-0.05, 0) is 37.6 Å². The van der Waals surface area contributed by atoms with E-state index < -0.39 is 0 Å². The molecule has 1 aliphatic carbocycles. The Hall–Kier alpha value is -0.900. The molecule has 1 saturated carbocycles. The molecule has 0 aromatic rings. The largest absolute Gasteiger partial charge is 0.330 e. The number of imide groups is 1. The molecule has 0 aromatic carbocycles. The fraction of sp³-hybridized carbons (Fsp3) is 0.867. The van der Waals surface area contributed by atoms with E-state index >= 15 is 0 Å². The maximum absolute atomic E-state index is 12.1. The zero-order valence-electron chi connectivity index (χ0n) is 12.2. The van der Waals surface area contributed by atoms with E-state index in [0.29, 0.717) is 13.1 Å². The molecule has 2 aliphatic rings. The number of amides is 2. The molecule has 1 aliphatic heterocycles. The minimum absolute atomic E-state index is 0.00739. The molecule has 0 spiro atoms. The minimum atomic E-state index is 0.00739. The van der Waals surface area contributed by atoms with E-state index in [1.807, 2.05) is 0 Å². The first-order valence-electron chi connectivity index (χ1n) is 7.51. The summed E-state index contributed by atoms with van der Waals surface area (Å²) in [5, 5.41) is 0. The van der Waals surface area contributed by atoms with E-state index in [2.05, 4.69) is 13.8 Å². The first-order valence-corrected chi connectivity index (χ1v) is 7.51. The summed E-state index contributed by atoms with van der Waals surface area (Å²) in [5.41, 5.74) is 5.86. The van der Waals surface area contributed by atoms with E-state index in [1.54, 1.807) is 0 Å². The zero-order valence-corrected chi connectivity index (χ0v) is 12.2. The molecule has 2 fully saturated rings. The summed E-state index contributed by atoms with van der Waals surface area (Å²) in [6, 6.07) is 0. The smallest absolute Gasteiger partial charge is 0.233 e. The van der Waals surface area contributed by atoms with Crippen molar-refractivity contribution in [1.82, 2.24) is 4.90 Å². The highest BCUT2D eigenvalue weighted by molar-refractivity contribution is 6.05. The van der Waals surface area contributed by atoms with Gasteiger partial charge < -0.3 is 5.73 Å². The third-order valence-corrected chi connectivity index (χ3v) is 4.72. The first-order chi connectivity index (χ1) is 8.96. The van der Waals surface area contributed by atoms with Crippen molar-refractivity contribution in [3.05, 3.63) is 0 Å². The van der Waals surface area contributed by atoms with Crippen LogP contribution in [0.3, 0.4) is 0 Å². The van der Waals surface area contributed by atoms with Gasteiger partial charge in [0.2, 0.25) is 11.8 Å². The van der Waals surface area contributed by atoms with E-state index in [-0.39, 0.29) is 29.1 Å². The van der Waals surface area contributed by atoms with E-state index in [0.717, 1.165) is 38.5 Å². The second-order valence-corrected chi connectivity index (χ2v) is 6.80. The van der Waals surface area contributed by atoms with Gasteiger partial charge in [0, 0.05) is 6.54 Å². The van der Waals surface area contributed by atoms with Gasteiger partial charge >= 0.3 is 0 Å². The Kier molecular flexibility index (Phi) is 4.29. The molecule has 2 N–H and O–H groups in total. The number of fused-ring (bicyclic) bond motifs is 1. The maximum atomic E-state index is 12.1. The van der Waals surface area contributed by atoms with Crippen LogP contribution in [0.5, 0.6) is 0 Å². The lowest BCUT2D eigenvalue weighted by Crippen LogP contribution is -2.33. The predicted octanol–water partition coefficient (Wildman–Crippen LogP) is 1.93. The third kappa shape index (κ3) is 2.99. The second kappa shape index (κ2) is 5.61. The number of likely N-dealkylation sites (tertiary alicyclic amines) is 1. The van der Waals surface area contributed by atoms with Gasteiger partial charge in [0.05, 0.1) is 11.8 Å². The van der Waals surface area contributed by atoms with Gasteiger partial charge in [-0.15, -0.1) is 0 Å². The van der Waals surface area contributed by atoms with Crippen molar-refractivity contribution >= 4 is 11.8 Å². The van der Waals surface area contributed by atoms with Crippen LogP contribution in [-0.2, 0) is 9.59 Å². The summed E-state index contributed by atoms with van der Waals surface area (Å²) < 4.78 is 0. The fourth-order valence-electron chi connectivity index (χ4n) is 3.26. The predicted molar refractivity (Wildman–Crippen MR) is 74.2 cm³/mol. The average Bonchev–Trinajstić information content (AvgIpc) is 2.93. The van der Waals surface area contributed by atoms with E-state index in [9.17, 15) is 9.59 Å². The lowest BCUT2D eigenvalue weighted by Gasteiger charge is -2.22. The summed E-state index contributed by atoms with van der Waals surface area (Å²) in [6.45, 7) is 5.59. The number of carbonyl (C=O) groups excluding carboxylic acids is 2. The molecule has 19 heavy (non-hydrogen) atoms. The van der Waals surface area contributed by atoms with Crippen molar-refractivity contribution in [2.45, 2.75) is 52.4 Å². The lowest BCUT2D eigenvalue weighted by molar-refractivity contribution is -0.140. The van der Waals surface area contributed by atoms with Crippen LogP contribution in [0.25, 0.3) is 0 Å². The van der Waals surface area contributed by atoms with Gasteiger partial charge in [-0.25, -0.2) is 0 Å². The van der Waals surface area contributed by atoms with Crippen LogP contribution in [0.1, 0.15) is 52.4 Å². The summed E-state index contributed by atoms with van der Waals surface area (Å²) in [7, 11) is 0. The molecule has 4 heteroatoms. The Bertz CT molecular complexity index is 343. The van der Waals surface area contributed by atoms with Gasteiger partial charge in [-0.1, -0.05) is 26.7 Å². The van der Waals surface area contributed by atoms with Crippen molar-refractivity contribution in [3.63, 3.8) is 0 Å². The van der Waals surface area contributed by atoms with Crippen LogP contribution in [0.4, 0.5) is 0 Å². The molecule has 2 unspecified atom stereocenters. The van der Waals surface area contributed by atoms with Gasteiger partial charge in [-0.2, -0.15) is 0 Å². The highest BCUT2D eigenvalue weighted by Crippen LogP contribution is 2.39. The number of carbonyl (C=O) groups is 2. The van der Waals surface area contributed by atoms with Gasteiger partial charge in [-0.3, -0.25) is 14.5 Å². The van der Waals surface area contributed by atoms with Crippen molar-refractivity contribution in [3.8, 4) is 0 Å². The number of unbranched alkanes of at least 4 members (excludes halogenated alkanes) is 1. The second-order valence-electron chi connectivity index (χ2n) is 6.80. The van der Waals surface area contributed by atoms with Gasteiger partial charge in [0.25, 0.3) is 0 Å². The van der Waals surface area contributed by atoms with Crippen molar-refractivity contribution in [2.75, 3.05) is 13.1 Å². The molecule has 2 rings (SSSR count). The van der Waals surface area contributed by atoms with Crippen molar-refractivity contribution < 1.29 is 9.59 Å². The Balaban J connectivity index is 1.78. The van der Waals surface area contributed by atoms with Crippen LogP contribution in [0.15, 0.2) is 0 Å². The Labute approximate surface area is 115 Å². The molecule has 2 amide bonds. The summed E-state index contributed by atoms with van der Waals surface area (Å²) in [4.78, 5) is 25.8. The summed E-state index contributed by atoms with van der Waals surface area (Å²) >= 11 is 0. The molecule has 0 aromatic heterocycles. The van der Waals surface area contributed by atoms with Crippen LogP contribution in [0, 0.1) is 17.3 Å². The molecule has 2 atom stereocenters. The Morgan fingerprint density at radius 1 is 1.16 bits per heavy atom. The van der Waals surface area contributed by atoms with Gasteiger partial charge in [0.1, 0.15) is 0 Å². The number of nitrogens with two attached hydrogens (primary N) is 1. The molecular formula is C15H26N2O2. The minimum Gasteiger partial charge on any atom is -0.330 e. The molecule has 0 radical (unpaired) electrons. The zero-order chi connectivity index (χ0) is 14.0. The molecular weight excluding hydrogens is 240 g/mol. The molecule has 1 saturated heterocycles. The van der Waals surface area contributed by atoms with Crippen molar-refractivity contribution in [2.24, 2.45) is 23.0 Å². The van der Waals surface area contributed by atoms with Gasteiger partial charge in [0.15, 0.2) is 0 Å². The van der Waals surface area contributed by atoms with Crippen molar-refractivity contribution in [1.29, 1.82) is 0 Å². The average molecular weight is 266 g/mol. The van der Waals surface area contributed by atoms with E-state index in [1.165, 1.54) is 4.90 Å².